The molecule has 0 fully saturated rings. The fraction of sp³-hybridized carbons (Fsp3) is 0.562. The summed E-state index contributed by atoms with van der Waals surface area (Å²) in [6.45, 7) is 8.04. The molecule has 0 radical (unpaired) electrons. The number of hydrogen-bond acceptors (Lipinski definition) is 3. The number of hydrogen-bond donors (Lipinski definition) is 3. The van der Waals surface area contributed by atoms with E-state index in [-0.39, 0.29) is 17.8 Å². The Morgan fingerprint density at radius 3 is 2.39 bits per heavy atom. The van der Waals surface area contributed by atoms with Crippen LogP contribution < -0.4 is 15.8 Å². The SMILES string of the molecule is CCC(C)NC(N)=NCc1ccccc1CS(=O)(=O)NC(C)C. The van der Waals surface area contributed by atoms with Crippen LogP contribution in [0.5, 0.6) is 0 Å². The molecule has 0 aromatic heterocycles. The van der Waals surface area contributed by atoms with Crippen LogP contribution >= 0.6 is 0 Å². The maximum absolute atomic E-state index is 12.1. The molecular weight excluding hydrogens is 312 g/mol. The predicted molar refractivity (Wildman–Crippen MR) is 95.6 cm³/mol. The van der Waals surface area contributed by atoms with Crippen LogP contribution in [0.4, 0.5) is 0 Å². The highest BCUT2D eigenvalue weighted by atomic mass is 32.2. The number of benzene rings is 1. The number of nitrogens with one attached hydrogen (secondary N) is 2. The summed E-state index contributed by atoms with van der Waals surface area (Å²) >= 11 is 0. The van der Waals surface area contributed by atoms with E-state index < -0.39 is 10.0 Å². The Labute approximate surface area is 139 Å². The highest BCUT2D eigenvalue weighted by Gasteiger charge is 2.15. The minimum absolute atomic E-state index is 0.0600. The molecule has 1 unspecified atom stereocenters. The largest absolute Gasteiger partial charge is 0.370 e. The summed E-state index contributed by atoms with van der Waals surface area (Å²) in [4.78, 5) is 4.30. The summed E-state index contributed by atoms with van der Waals surface area (Å²) in [5, 5.41) is 3.09. The summed E-state index contributed by atoms with van der Waals surface area (Å²) in [7, 11) is -3.36. The van der Waals surface area contributed by atoms with E-state index in [1.54, 1.807) is 13.8 Å². The van der Waals surface area contributed by atoms with Crippen LogP contribution in [0.1, 0.15) is 45.2 Å². The van der Waals surface area contributed by atoms with Crippen LogP contribution in [0.3, 0.4) is 0 Å². The molecule has 7 heteroatoms. The third-order valence-corrected chi connectivity index (χ3v) is 4.83. The summed E-state index contributed by atoms with van der Waals surface area (Å²) in [6, 6.07) is 7.51. The summed E-state index contributed by atoms with van der Waals surface area (Å²) in [5.41, 5.74) is 7.44. The molecule has 1 atom stereocenters. The van der Waals surface area contributed by atoms with Gasteiger partial charge in [0, 0.05) is 12.1 Å². The van der Waals surface area contributed by atoms with E-state index in [9.17, 15) is 8.42 Å². The number of guanidine groups is 1. The molecule has 1 aromatic carbocycles. The molecule has 0 aliphatic heterocycles. The average molecular weight is 340 g/mol. The van der Waals surface area contributed by atoms with Crippen molar-refractivity contribution in [1.29, 1.82) is 0 Å². The van der Waals surface area contributed by atoms with E-state index in [0.717, 1.165) is 17.5 Å². The van der Waals surface area contributed by atoms with Crippen LogP contribution in [0.25, 0.3) is 0 Å². The molecule has 4 N–H and O–H groups in total. The van der Waals surface area contributed by atoms with Gasteiger partial charge in [-0.3, -0.25) is 0 Å². The first-order valence-corrected chi connectivity index (χ1v) is 9.52. The lowest BCUT2D eigenvalue weighted by Crippen LogP contribution is -2.38. The van der Waals surface area contributed by atoms with Crippen molar-refractivity contribution in [3.05, 3.63) is 35.4 Å². The molecule has 0 saturated carbocycles. The van der Waals surface area contributed by atoms with Gasteiger partial charge < -0.3 is 11.1 Å². The van der Waals surface area contributed by atoms with Crippen molar-refractivity contribution in [3.8, 4) is 0 Å². The molecule has 1 aromatic rings. The Kier molecular flexibility index (Phi) is 7.51. The molecule has 130 valence electrons. The van der Waals surface area contributed by atoms with Gasteiger partial charge in [-0.15, -0.1) is 0 Å². The standard InChI is InChI=1S/C16H28N4O2S/c1-5-13(4)19-16(17)18-10-14-8-6-7-9-15(14)11-23(21,22)20-12(2)3/h6-9,12-13,20H,5,10-11H2,1-4H3,(H3,17,18,19). The van der Waals surface area contributed by atoms with Crippen LogP contribution in [0.15, 0.2) is 29.3 Å². The molecule has 6 nitrogen and oxygen atoms in total. The van der Waals surface area contributed by atoms with Gasteiger partial charge in [-0.2, -0.15) is 0 Å². The number of nitrogens with two attached hydrogens (primary N) is 1. The first-order valence-electron chi connectivity index (χ1n) is 7.86. The first-order chi connectivity index (χ1) is 10.7. The van der Waals surface area contributed by atoms with Crippen molar-refractivity contribution in [2.45, 2.75) is 58.5 Å². The van der Waals surface area contributed by atoms with Crippen molar-refractivity contribution in [3.63, 3.8) is 0 Å². The van der Waals surface area contributed by atoms with E-state index in [2.05, 4.69) is 22.0 Å². The van der Waals surface area contributed by atoms with Gasteiger partial charge in [-0.25, -0.2) is 18.1 Å². The quantitative estimate of drug-likeness (QED) is 0.496. The van der Waals surface area contributed by atoms with Crippen molar-refractivity contribution in [1.82, 2.24) is 10.0 Å². The highest BCUT2D eigenvalue weighted by Crippen LogP contribution is 2.13. The minimum Gasteiger partial charge on any atom is -0.370 e. The molecule has 0 saturated heterocycles. The zero-order valence-corrected chi connectivity index (χ0v) is 15.2. The third-order valence-electron chi connectivity index (χ3n) is 3.31. The second-order valence-electron chi connectivity index (χ2n) is 5.96. The number of sulfonamides is 1. The third kappa shape index (κ3) is 7.47. The Morgan fingerprint density at radius 2 is 1.83 bits per heavy atom. The van der Waals surface area contributed by atoms with Crippen LogP contribution in [0, 0.1) is 0 Å². The number of aliphatic imine (C=N–C) groups is 1. The molecule has 23 heavy (non-hydrogen) atoms. The lowest BCUT2D eigenvalue weighted by molar-refractivity contribution is 0.569. The minimum atomic E-state index is -3.36. The van der Waals surface area contributed by atoms with E-state index in [4.69, 9.17) is 5.73 Å². The summed E-state index contributed by atoms with van der Waals surface area (Å²) in [6.07, 6.45) is 0.950. The fourth-order valence-electron chi connectivity index (χ4n) is 2.03. The molecule has 1 rings (SSSR count). The zero-order chi connectivity index (χ0) is 17.5. The van der Waals surface area contributed by atoms with Crippen molar-refractivity contribution < 1.29 is 8.42 Å². The van der Waals surface area contributed by atoms with E-state index >= 15 is 0 Å². The van der Waals surface area contributed by atoms with Crippen molar-refractivity contribution in [2.24, 2.45) is 10.7 Å². The van der Waals surface area contributed by atoms with Gasteiger partial charge in [0.2, 0.25) is 10.0 Å². The maximum Gasteiger partial charge on any atom is 0.216 e. The summed E-state index contributed by atoms with van der Waals surface area (Å²) < 4.78 is 26.8. The van der Waals surface area contributed by atoms with Gasteiger partial charge in [-0.1, -0.05) is 31.2 Å². The Morgan fingerprint density at radius 1 is 1.22 bits per heavy atom. The monoisotopic (exact) mass is 340 g/mol. The Bertz CT molecular complexity index is 627. The van der Waals surface area contributed by atoms with Gasteiger partial charge in [0.05, 0.1) is 12.3 Å². The van der Waals surface area contributed by atoms with Crippen LogP contribution in [0.2, 0.25) is 0 Å². The number of nitrogens with zero attached hydrogens (tertiary/aromatic N) is 1. The van der Waals surface area contributed by atoms with Crippen LogP contribution in [-0.2, 0) is 22.3 Å². The summed E-state index contributed by atoms with van der Waals surface area (Å²) in [5.74, 6) is 0.313. The molecule has 0 heterocycles. The fourth-order valence-corrected chi connectivity index (χ4v) is 3.52. The molecule has 0 amide bonds. The second-order valence-corrected chi connectivity index (χ2v) is 7.71. The molecular formula is C16H28N4O2S. The van der Waals surface area contributed by atoms with Gasteiger partial charge in [0.15, 0.2) is 5.96 Å². The first kappa shape index (κ1) is 19.4. The molecule has 0 aliphatic rings. The topological polar surface area (TPSA) is 96.6 Å². The lowest BCUT2D eigenvalue weighted by atomic mass is 10.1. The van der Waals surface area contributed by atoms with Gasteiger partial charge in [0.25, 0.3) is 0 Å². The second kappa shape index (κ2) is 8.88. The molecule has 0 spiro atoms. The van der Waals surface area contributed by atoms with Gasteiger partial charge in [0.1, 0.15) is 0 Å². The van der Waals surface area contributed by atoms with Crippen molar-refractivity contribution in [2.75, 3.05) is 0 Å². The normalized spacial score (nSPS) is 14.0. The van der Waals surface area contributed by atoms with Gasteiger partial charge in [-0.05, 0) is 38.3 Å². The predicted octanol–water partition coefficient (Wildman–Crippen LogP) is 1.72. The average Bonchev–Trinajstić information content (AvgIpc) is 2.44. The Balaban J connectivity index is 2.84. The van der Waals surface area contributed by atoms with Crippen molar-refractivity contribution >= 4 is 16.0 Å². The maximum atomic E-state index is 12.1. The zero-order valence-electron chi connectivity index (χ0n) is 14.3. The Hall–Kier alpha value is -1.60. The van der Waals surface area contributed by atoms with E-state index in [1.165, 1.54) is 0 Å². The van der Waals surface area contributed by atoms with Crippen LogP contribution in [-0.4, -0.2) is 26.5 Å². The van der Waals surface area contributed by atoms with Gasteiger partial charge >= 0.3 is 0 Å². The number of rotatable bonds is 8. The smallest absolute Gasteiger partial charge is 0.216 e. The van der Waals surface area contributed by atoms with E-state index in [0.29, 0.717) is 12.5 Å². The molecule has 0 bridgehead atoms. The lowest BCUT2D eigenvalue weighted by Gasteiger charge is -2.13. The van der Waals surface area contributed by atoms with E-state index in [1.807, 2.05) is 31.2 Å². The highest BCUT2D eigenvalue weighted by molar-refractivity contribution is 7.88. The molecule has 0 aliphatic carbocycles.